The van der Waals surface area contributed by atoms with Gasteiger partial charge in [-0.15, -0.1) is 0 Å². The SMILES string of the molecule is COc1ccc(C)cc1Nc1nc(N)nc2c1nc(C)n2C. The molecule has 0 radical (unpaired) electrons. The Balaban J connectivity index is 2.15. The topological polar surface area (TPSA) is 90.9 Å². The summed E-state index contributed by atoms with van der Waals surface area (Å²) in [5, 5.41) is 3.26. The summed E-state index contributed by atoms with van der Waals surface area (Å²) < 4.78 is 7.26. The van der Waals surface area contributed by atoms with Crippen molar-refractivity contribution < 1.29 is 4.74 Å². The summed E-state index contributed by atoms with van der Waals surface area (Å²) in [5.41, 5.74) is 9.11. The van der Waals surface area contributed by atoms with Crippen molar-refractivity contribution in [3.05, 3.63) is 29.6 Å². The number of ether oxygens (including phenoxy) is 1. The number of imidazole rings is 1. The molecule has 114 valence electrons. The molecule has 0 saturated carbocycles. The summed E-state index contributed by atoms with van der Waals surface area (Å²) in [7, 11) is 3.53. The summed E-state index contributed by atoms with van der Waals surface area (Å²) in [6, 6.07) is 5.88. The molecule has 22 heavy (non-hydrogen) atoms. The van der Waals surface area contributed by atoms with Crippen molar-refractivity contribution in [2.75, 3.05) is 18.2 Å². The molecule has 0 bridgehead atoms. The first-order valence-electron chi connectivity index (χ1n) is 6.88. The van der Waals surface area contributed by atoms with Crippen LogP contribution in [0.5, 0.6) is 5.75 Å². The average Bonchev–Trinajstić information content (AvgIpc) is 2.76. The van der Waals surface area contributed by atoms with Crippen molar-refractivity contribution in [3.8, 4) is 5.75 Å². The van der Waals surface area contributed by atoms with E-state index in [4.69, 9.17) is 10.5 Å². The fourth-order valence-electron chi connectivity index (χ4n) is 2.32. The number of benzene rings is 1. The second-order valence-electron chi connectivity index (χ2n) is 5.15. The zero-order valence-electron chi connectivity index (χ0n) is 13.0. The number of aromatic nitrogens is 4. The minimum atomic E-state index is 0.199. The Hall–Kier alpha value is -2.83. The molecule has 3 rings (SSSR count). The first kappa shape index (κ1) is 14.1. The highest BCUT2D eigenvalue weighted by Gasteiger charge is 2.15. The lowest BCUT2D eigenvalue weighted by atomic mass is 10.2. The van der Waals surface area contributed by atoms with Crippen LogP contribution in [0.25, 0.3) is 11.2 Å². The fourth-order valence-corrected chi connectivity index (χ4v) is 2.32. The Kier molecular flexibility index (Phi) is 3.32. The van der Waals surface area contributed by atoms with E-state index in [1.54, 1.807) is 7.11 Å². The van der Waals surface area contributed by atoms with Gasteiger partial charge in [-0.3, -0.25) is 0 Å². The number of anilines is 3. The van der Waals surface area contributed by atoms with Crippen LogP contribution in [0.4, 0.5) is 17.5 Å². The van der Waals surface area contributed by atoms with Crippen molar-refractivity contribution in [2.24, 2.45) is 7.05 Å². The smallest absolute Gasteiger partial charge is 0.224 e. The number of aryl methyl sites for hydroxylation is 3. The standard InChI is InChI=1S/C15H18N6O/c1-8-5-6-11(22-4)10(7-8)18-13-12-14(20-15(16)19-13)21(3)9(2)17-12/h5-7H,1-4H3,(H3,16,18,19,20). The van der Waals surface area contributed by atoms with Gasteiger partial charge in [0.15, 0.2) is 17.0 Å². The second kappa shape index (κ2) is 5.18. The molecule has 3 aromatic rings. The van der Waals surface area contributed by atoms with E-state index in [1.165, 1.54) is 0 Å². The van der Waals surface area contributed by atoms with E-state index in [-0.39, 0.29) is 5.95 Å². The minimum absolute atomic E-state index is 0.199. The molecule has 0 atom stereocenters. The number of nitrogen functional groups attached to an aromatic ring is 1. The highest BCUT2D eigenvalue weighted by molar-refractivity contribution is 5.87. The van der Waals surface area contributed by atoms with E-state index in [2.05, 4.69) is 20.3 Å². The van der Waals surface area contributed by atoms with Crippen LogP contribution >= 0.6 is 0 Å². The lowest BCUT2D eigenvalue weighted by molar-refractivity contribution is 0.416. The number of hydrogen-bond acceptors (Lipinski definition) is 6. The number of fused-ring (bicyclic) bond motifs is 1. The van der Waals surface area contributed by atoms with E-state index >= 15 is 0 Å². The molecule has 7 heteroatoms. The molecule has 3 N–H and O–H groups in total. The van der Waals surface area contributed by atoms with Crippen LogP contribution in [0, 0.1) is 13.8 Å². The van der Waals surface area contributed by atoms with Gasteiger partial charge in [-0.25, -0.2) is 4.98 Å². The molecule has 0 fully saturated rings. The molecule has 0 unspecified atom stereocenters. The van der Waals surface area contributed by atoms with Gasteiger partial charge in [0.05, 0.1) is 12.8 Å². The van der Waals surface area contributed by atoms with E-state index in [0.717, 1.165) is 22.8 Å². The van der Waals surface area contributed by atoms with Crippen molar-refractivity contribution >= 4 is 28.6 Å². The lowest BCUT2D eigenvalue weighted by Crippen LogP contribution is -2.03. The number of hydrogen-bond donors (Lipinski definition) is 2. The van der Waals surface area contributed by atoms with E-state index in [9.17, 15) is 0 Å². The first-order valence-corrected chi connectivity index (χ1v) is 6.88. The van der Waals surface area contributed by atoms with Crippen LogP contribution in [0.3, 0.4) is 0 Å². The summed E-state index contributed by atoms with van der Waals surface area (Å²) in [5.74, 6) is 2.33. The summed E-state index contributed by atoms with van der Waals surface area (Å²) in [4.78, 5) is 13.0. The van der Waals surface area contributed by atoms with Gasteiger partial charge < -0.3 is 20.4 Å². The van der Waals surface area contributed by atoms with Crippen molar-refractivity contribution in [2.45, 2.75) is 13.8 Å². The molecule has 0 aliphatic carbocycles. The maximum absolute atomic E-state index is 5.82. The van der Waals surface area contributed by atoms with Gasteiger partial charge in [0.2, 0.25) is 5.95 Å². The van der Waals surface area contributed by atoms with Gasteiger partial charge in [-0.1, -0.05) is 6.07 Å². The number of rotatable bonds is 3. The molecule has 0 aliphatic heterocycles. The fraction of sp³-hybridized carbons (Fsp3) is 0.267. The number of nitrogens with one attached hydrogen (secondary N) is 1. The molecule has 2 heterocycles. The van der Waals surface area contributed by atoms with Gasteiger partial charge in [-0.05, 0) is 31.5 Å². The minimum Gasteiger partial charge on any atom is -0.495 e. The lowest BCUT2D eigenvalue weighted by Gasteiger charge is -2.12. The van der Waals surface area contributed by atoms with Gasteiger partial charge in [0, 0.05) is 7.05 Å². The highest BCUT2D eigenvalue weighted by Crippen LogP contribution is 2.30. The molecular weight excluding hydrogens is 280 g/mol. The molecule has 0 amide bonds. The normalized spacial score (nSPS) is 10.9. The van der Waals surface area contributed by atoms with Crippen molar-refractivity contribution in [3.63, 3.8) is 0 Å². The summed E-state index contributed by atoms with van der Waals surface area (Å²) in [6.07, 6.45) is 0. The Morgan fingerprint density at radius 3 is 2.68 bits per heavy atom. The van der Waals surface area contributed by atoms with Gasteiger partial charge >= 0.3 is 0 Å². The molecule has 1 aromatic carbocycles. The highest BCUT2D eigenvalue weighted by atomic mass is 16.5. The maximum atomic E-state index is 5.82. The molecule has 0 saturated heterocycles. The molecular formula is C15H18N6O. The van der Waals surface area contributed by atoms with E-state index in [0.29, 0.717) is 17.0 Å². The average molecular weight is 298 g/mol. The Morgan fingerprint density at radius 2 is 1.95 bits per heavy atom. The van der Waals surface area contributed by atoms with Crippen LogP contribution in [-0.4, -0.2) is 26.6 Å². The molecule has 7 nitrogen and oxygen atoms in total. The summed E-state index contributed by atoms with van der Waals surface area (Å²) in [6.45, 7) is 3.92. The van der Waals surface area contributed by atoms with Crippen molar-refractivity contribution in [1.29, 1.82) is 0 Å². The van der Waals surface area contributed by atoms with Crippen LogP contribution in [-0.2, 0) is 7.05 Å². The van der Waals surface area contributed by atoms with Gasteiger partial charge in [0.25, 0.3) is 0 Å². The monoisotopic (exact) mass is 298 g/mol. The van der Waals surface area contributed by atoms with Crippen molar-refractivity contribution in [1.82, 2.24) is 19.5 Å². The zero-order valence-corrected chi connectivity index (χ0v) is 13.0. The number of methoxy groups -OCH3 is 1. The molecule has 2 aromatic heterocycles. The zero-order chi connectivity index (χ0) is 15.9. The van der Waals surface area contributed by atoms with Crippen LogP contribution in [0.15, 0.2) is 18.2 Å². The summed E-state index contributed by atoms with van der Waals surface area (Å²) >= 11 is 0. The third kappa shape index (κ3) is 2.30. The largest absolute Gasteiger partial charge is 0.495 e. The Labute approximate surface area is 128 Å². The predicted molar refractivity (Wildman–Crippen MR) is 86.5 cm³/mol. The first-order chi connectivity index (χ1) is 10.5. The van der Waals surface area contributed by atoms with Gasteiger partial charge in [-0.2, -0.15) is 9.97 Å². The second-order valence-corrected chi connectivity index (χ2v) is 5.15. The third-order valence-electron chi connectivity index (χ3n) is 3.57. The van der Waals surface area contributed by atoms with Gasteiger partial charge in [0.1, 0.15) is 11.6 Å². The number of nitrogens with zero attached hydrogens (tertiary/aromatic N) is 4. The van der Waals surface area contributed by atoms with Crippen LogP contribution < -0.4 is 15.8 Å². The Bertz CT molecular complexity index is 855. The third-order valence-corrected chi connectivity index (χ3v) is 3.57. The maximum Gasteiger partial charge on any atom is 0.224 e. The van der Waals surface area contributed by atoms with E-state index < -0.39 is 0 Å². The quantitative estimate of drug-likeness (QED) is 0.771. The number of nitrogens with two attached hydrogens (primary N) is 1. The molecule has 0 spiro atoms. The predicted octanol–water partition coefficient (Wildman–Crippen LogP) is 2.31. The Morgan fingerprint density at radius 1 is 1.18 bits per heavy atom. The van der Waals surface area contributed by atoms with E-state index in [1.807, 2.05) is 43.7 Å². The molecule has 0 aliphatic rings. The van der Waals surface area contributed by atoms with Crippen LogP contribution in [0.1, 0.15) is 11.4 Å². The van der Waals surface area contributed by atoms with Crippen LogP contribution in [0.2, 0.25) is 0 Å².